The van der Waals surface area contributed by atoms with E-state index in [1.807, 2.05) is 23.9 Å². The zero-order valence-corrected chi connectivity index (χ0v) is 21.9. The molecule has 1 unspecified atom stereocenters. The van der Waals surface area contributed by atoms with Crippen molar-refractivity contribution in [2.75, 3.05) is 37.8 Å². The first kappa shape index (κ1) is 28.8. The van der Waals surface area contributed by atoms with Gasteiger partial charge in [-0.05, 0) is 61.1 Å². The topological polar surface area (TPSA) is 85.3 Å². The van der Waals surface area contributed by atoms with Crippen molar-refractivity contribution in [1.29, 1.82) is 0 Å². The van der Waals surface area contributed by atoms with Crippen LogP contribution >= 0.6 is 23.4 Å². The van der Waals surface area contributed by atoms with Crippen molar-refractivity contribution in [3.63, 3.8) is 0 Å². The molecule has 0 aliphatic heterocycles. The molecular weight excluding hydrogens is 490 g/mol. The van der Waals surface area contributed by atoms with Gasteiger partial charge < -0.3 is 24.2 Å². The fraction of sp³-hybridized carbons (Fsp3) is 0.462. The lowest BCUT2D eigenvalue weighted by Crippen LogP contribution is -2.38. The summed E-state index contributed by atoms with van der Waals surface area (Å²) in [7, 11) is 0. The van der Waals surface area contributed by atoms with Gasteiger partial charge in [0.05, 0.1) is 6.54 Å². The summed E-state index contributed by atoms with van der Waals surface area (Å²) in [4.78, 5) is 25.7. The van der Waals surface area contributed by atoms with Gasteiger partial charge in [-0.25, -0.2) is 9.59 Å². The van der Waals surface area contributed by atoms with Crippen molar-refractivity contribution in [2.24, 2.45) is 0 Å². The number of ether oxygens (including phenoxy) is 3. The number of halogens is 1. The summed E-state index contributed by atoms with van der Waals surface area (Å²) >= 11 is 7.72. The largest absolute Gasteiger partial charge is 0.492 e. The average molecular weight is 524 g/mol. The van der Waals surface area contributed by atoms with Gasteiger partial charge >= 0.3 is 12.1 Å². The quantitative estimate of drug-likeness (QED) is 0.279. The lowest BCUT2D eigenvalue weighted by molar-refractivity contribution is -0.149. The summed E-state index contributed by atoms with van der Waals surface area (Å²) in [5, 5.41) is 9.82. The number of carboxylic acids is 1. The molecule has 0 saturated heterocycles. The van der Waals surface area contributed by atoms with Crippen molar-refractivity contribution in [3.8, 4) is 11.5 Å². The number of nitrogens with zero attached hydrogens (tertiary/aromatic N) is 1. The molecule has 1 N–H and O–H groups in total. The van der Waals surface area contributed by atoms with E-state index < -0.39 is 18.2 Å². The van der Waals surface area contributed by atoms with E-state index in [2.05, 4.69) is 6.92 Å². The number of hydrogen-bond donors (Lipinski definition) is 1. The van der Waals surface area contributed by atoms with E-state index in [0.29, 0.717) is 42.8 Å². The van der Waals surface area contributed by atoms with E-state index in [-0.39, 0.29) is 6.42 Å². The standard InChI is InChI=1S/C26H34ClNO6S/c1-3-5-17-35-18-15-28(26(31)34-23-12-8-21(27)9-13-23)14-16-33-22-10-6-20(7-11-22)19-24(25(29)30)32-4-2/h6-13,24H,3-5,14-19H2,1-2H3,(H,29,30). The van der Waals surface area contributed by atoms with E-state index >= 15 is 0 Å². The molecule has 0 heterocycles. The van der Waals surface area contributed by atoms with Crippen LogP contribution in [0.25, 0.3) is 0 Å². The van der Waals surface area contributed by atoms with Crippen LogP contribution in [0.2, 0.25) is 5.02 Å². The average Bonchev–Trinajstić information content (AvgIpc) is 2.84. The van der Waals surface area contributed by atoms with Crippen LogP contribution in [0.4, 0.5) is 4.79 Å². The highest BCUT2D eigenvalue weighted by Gasteiger charge is 2.18. The van der Waals surface area contributed by atoms with Crippen LogP contribution in [0.3, 0.4) is 0 Å². The maximum absolute atomic E-state index is 12.8. The minimum atomic E-state index is -0.981. The van der Waals surface area contributed by atoms with Crippen LogP contribution in [0, 0.1) is 0 Å². The Hall–Kier alpha value is -2.42. The van der Waals surface area contributed by atoms with Crippen molar-refractivity contribution in [3.05, 3.63) is 59.1 Å². The molecular formula is C26H34ClNO6S. The number of aliphatic carboxylic acids is 1. The third kappa shape index (κ3) is 11.2. The Morgan fingerprint density at radius 1 is 1.00 bits per heavy atom. The summed E-state index contributed by atoms with van der Waals surface area (Å²) in [5.74, 6) is 1.97. The maximum Gasteiger partial charge on any atom is 0.415 e. The molecule has 35 heavy (non-hydrogen) atoms. The first-order valence-corrected chi connectivity index (χ1v) is 13.3. The van der Waals surface area contributed by atoms with Gasteiger partial charge in [0.15, 0.2) is 6.10 Å². The van der Waals surface area contributed by atoms with Crippen LogP contribution in [-0.4, -0.2) is 66.0 Å². The molecule has 1 atom stereocenters. The van der Waals surface area contributed by atoms with Gasteiger partial charge in [-0.1, -0.05) is 37.1 Å². The molecule has 0 aliphatic rings. The Labute approximate surface area is 216 Å². The zero-order valence-electron chi connectivity index (χ0n) is 20.3. The predicted molar refractivity (Wildman–Crippen MR) is 140 cm³/mol. The first-order valence-electron chi connectivity index (χ1n) is 11.8. The number of carbonyl (C=O) groups is 2. The molecule has 0 saturated carbocycles. The molecule has 2 rings (SSSR count). The van der Waals surface area contributed by atoms with Crippen LogP contribution in [0.1, 0.15) is 32.3 Å². The molecule has 9 heteroatoms. The fourth-order valence-electron chi connectivity index (χ4n) is 3.11. The van der Waals surface area contributed by atoms with Crippen LogP contribution < -0.4 is 9.47 Å². The van der Waals surface area contributed by atoms with Gasteiger partial charge in [0.1, 0.15) is 18.1 Å². The van der Waals surface area contributed by atoms with Gasteiger partial charge in [0.2, 0.25) is 0 Å². The zero-order chi connectivity index (χ0) is 25.5. The number of hydrogen-bond acceptors (Lipinski definition) is 6. The Balaban J connectivity index is 1.89. The van der Waals surface area contributed by atoms with Gasteiger partial charge in [-0.15, -0.1) is 0 Å². The number of thioether (sulfide) groups is 1. The van der Waals surface area contributed by atoms with E-state index in [9.17, 15) is 14.7 Å². The van der Waals surface area contributed by atoms with Crippen LogP contribution in [-0.2, 0) is 16.0 Å². The molecule has 2 aromatic carbocycles. The third-order valence-corrected chi connectivity index (χ3v) is 6.34. The molecule has 7 nitrogen and oxygen atoms in total. The smallest absolute Gasteiger partial charge is 0.415 e. The van der Waals surface area contributed by atoms with E-state index in [1.165, 1.54) is 0 Å². The Kier molecular flexibility index (Phi) is 13.4. The predicted octanol–water partition coefficient (Wildman–Crippen LogP) is 5.79. The second-order valence-corrected chi connectivity index (χ2v) is 9.41. The summed E-state index contributed by atoms with van der Waals surface area (Å²) in [6.07, 6.45) is 1.27. The molecule has 0 fully saturated rings. The van der Waals surface area contributed by atoms with E-state index in [4.69, 9.17) is 25.8 Å². The third-order valence-electron chi connectivity index (χ3n) is 5.04. The fourth-order valence-corrected chi connectivity index (χ4v) is 4.29. The van der Waals surface area contributed by atoms with Gasteiger partial charge in [-0.2, -0.15) is 11.8 Å². The van der Waals surface area contributed by atoms with E-state index in [0.717, 1.165) is 29.9 Å². The Morgan fingerprint density at radius 2 is 1.69 bits per heavy atom. The molecule has 192 valence electrons. The van der Waals surface area contributed by atoms with Crippen molar-refractivity contribution < 1.29 is 28.9 Å². The van der Waals surface area contributed by atoms with Crippen molar-refractivity contribution in [2.45, 2.75) is 39.2 Å². The normalized spacial score (nSPS) is 11.6. The molecule has 0 bridgehead atoms. The SMILES string of the molecule is CCCCSCCN(CCOc1ccc(CC(OCC)C(=O)O)cc1)C(=O)Oc1ccc(Cl)cc1. The minimum absolute atomic E-state index is 0.281. The van der Waals surface area contributed by atoms with Crippen molar-refractivity contribution >= 4 is 35.4 Å². The van der Waals surface area contributed by atoms with Gasteiger partial charge in [-0.3, -0.25) is 0 Å². The van der Waals surface area contributed by atoms with Crippen LogP contribution in [0.5, 0.6) is 11.5 Å². The summed E-state index contributed by atoms with van der Waals surface area (Å²) in [6, 6.07) is 13.9. The monoisotopic (exact) mass is 523 g/mol. The summed E-state index contributed by atoms with van der Waals surface area (Å²) < 4.78 is 16.6. The molecule has 0 aliphatic carbocycles. The lowest BCUT2D eigenvalue weighted by Gasteiger charge is -2.22. The highest BCUT2D eigenvalue weighted by Crippen LogP contribution is 2.18. The number of amides is 1. The van der Waals surface area contributed by atoms with Gasteiger partial charge in [0, 0.05) is 30.3 Å². The molecule has 0 aromatic heterocycles. The number of unbranched alkanes of at least 4 members (excludes halogenated alkanes) is 1. The number of carboxylic acid groups (broad SMARTS) is 1. The molecule has 1 amide bonds. The molecule has 0 radical (unpaired) electrons. The minimum Gasteiger partial charge on any atom is -0.492 e. The van der Waals surface area contributed by atoms with Gasteiger partial charge in [0.25, 0.3) is 0 Å². The Bertz CT molecular complexity index is 894. The van der Waals surface area contributed by atoms with Crippen molar-refractivity contribution in [1.82, 2.24) is 4.90 Å². The first-order chi connectivity index (χ1) is 16.9. The highest BCUT2D eigenvalue weighted by molar-refractivity contribution is 7.99. The number of rotatable bonds is 16. The second kappa shape index (κ2) is 16.3. The number of carbonyl (C=O) groups excluding carboxylic acids is 1. The van der Waals surface area contributed by atoms with E-state index in [1.54, 1.807) is 48.2 Å². The second-order valence-electron chi connectivity index (χ2n) is 7.75. The number of benzene rings is 2. The highest BCUT2D eigenvalue weighted by atomic mass is 35.5. The molecule has 0 spiro atoms. The maximum atomic E-state index is 12.8. The summed E-state index contributed by atoms with van der Waals surface area (Å²) in [5.41, 5.74) is 0.843. The molecule has 2 aromatic rings. The van der Waals surface area contributed by atoms with Crippen LogP contribution in [0.15, 0.2) is 48.5 Å². The Morgan fingerprint density at radius 3 is 2.31 bits per heavy atom. The summed E-state index contributed by atoms with van der Waals surface area (Å²) in [6.45, 7) is 5.48. The lowest BCUT2D eigenvalue weighted by atomic mass is 10.1.